The molecular weight excluding hydrogens is 212 g/mol. The number of rotatable bonds is 4. The van der Waals surface area contributed by atoms with Crippen LogP contribution in [-0.4, -0.2) is 23.4 Å². The summed E-state index contributed by atoms with van der Waals surface area (Å²) in [7, 11) is 0. The van der Waals surface area contributed by atoms with E-state index in [4.69, 9.17) is 9.84 Å². The van der Waals surface area contributed by atoms with E-state index in [2.05, 4.69) is 0 Å². The van der Waals surface area contributed by atoms with Crippen molar-refractivity contribution < 1.29 is 14.6 Å². The van der Waals surface area contributed by atoms with E-state index >= 15 is 0 Å². The summed E-state index contributed by atoms with van der Waals surface area (Å²) in [5.41, 5.74) is 1.31. The van der Waals surface area contributed by atoms with Gasteiger partial charge in [0.25, 0.3) is 0 Å². The molecular formula is C11H12O3S. The molecule has 3 nitrogen and oxygen atoms in total. The maximum Gasteiger partial charge on any atom is 0.306 e. The quantitative estimate of drug-likeness (QED) is 0.851. The highest BCUT2D eigenvalue weighted by Gasteiger charge is 2.11. The lowest BCUT2D eigenvalue weighted by atomic mass is 10.2. The molecule has 0 fully saturated rings. The van der Waals surface area contributed by atoms with Crippen LogP contribution in [0.2, 0.25) is 0 Å². The summed E-state index contributed by atoms with van der Waals surface area (Å²) in [6.07, 6.45) is 1.13. The molecule has 0 amide bonds. The Morgan fingerprint density at radius 2 is 2.40 bits per heavy atom. The molecule has 4 heteroatoms. The molecule has 1 aromatic carbocycles. The van der Waals surface area contributed by atoms with Gasteiger partial charge >= 0.3 is 5.97 Å². The zero-order chi connectivity index (χ0) is 10.7. The third-order valence-corrected chi connectivity index (χ3v) is 3.36. The normalized spacial score (nSPS) is 13.6. The van der Waals surface area contributed by atoms with Crippen molar-refractivity contribution in [1.82, 2.24) is 0 Å². The van der Waals surface area contributed by atoms with Gasteiger partial charge in [-0.3, -0.25) is 4.79 Å². The highest BCUT2D eigenvalue weighted by Crippen LogP contribution is 2.33. The molecule has 0 saturated carbocycles. The van der Waals surface area contributed by atoms with E-state index < -0.39 is 5.97 Å². The summed E-state index contributed by atoms with van der Waals surface area (Å²) in [4.78, 5) is 11.6. The summed E-state index contributed by atoms with van der Waals surface area (Å²) in [6, 6.07) is 5.96. The summed E-state index contributed by atoms with van der Waals surface area (Å²) < 4.78 is 5.35. The number of aryl methyl sites for hydroxylation is 1. The van der Waals surface area contributed by atoms with Crippen LogP contribution in [0.25, 0.3) is 0 Å². The van der Waals surface area contributed by atoms with Gasteiger partial charge in [0.05, 0.1) is 13.0 Å². The Hall–Kier alpha value is -1.16. The van der Waals surface area contributed by atoms with E-state index in [9.17, 15) is 4.79 Å². The zero-order valence-electron chi connectivity index (χ0n) is 8.23. The largest absolute Gasteiger partial charge is 0.493 e. The molecule has 80 valence electrons. The van der Waals surface area contributed by atoms with E-state index in [0.29, 0.717) is 0 Å². The van der Waals surface area contributed by atoms with Crippen LogP contribution < -0.4 is 4.74 Å². The van der Waals surface area contributed by atoms with Gasteiger partial charge in [-0.1, -0.05) is 0 Å². The molecule has 0 bridgehead atoms. The van der Waals surface area contributed by atoms with Gasteiger partial charge < -0.3 is 9.84 Å². The average molecular weight is 224 g/mol. The van der Waals surface area contributed by atoms with E-state index in [1.807, 2.05) is 30.0 Å². The van der Waals surface area contributed by atoms with Crippen molar-refractivity contribution in [2.24, 2.45) is 0 Å². The Labute approximate surface area is 92.4 Å². The van der Waals surface area contributed by atoms with Crippen LogP contribution in [0.5, 0.6) is 5.75 Å². The molecule has 1 aliphatic rings. The van der Waals surface area contributed by atoms with Crippen LogP contribution in [-0.2, 0) is 11.2 Å². The Morgan fingerprint density at radius 1 is 1.53 bits per heavy atom. The van der Waals surface area contributed by atoms with Crippen molar-refractivity contribution in [3.8, 4) is 5.75 Å². The summed E-state index contributed by atoms with van der Waals surface area (Å²) in [5, 5.41) is 8.46. The number of benzene rings is 1. The molecule has 0 radical (unpaired) electrons. The molecule has 0 aliphatic carbocycles. The van der Waals surface area contributed by atoms with Crippen molar-refractivity contribution >= 4 is 17.7 Å². The minimum atomic E-state index is -0.827. The number of aliphatic carboxylic acids is 1. The molecule has 15 heavy (non-hydrogen) atoms. The average Bonchev–Trinajstić information content (AvgIpc) is 2.64. The highest BCUT2D eigenvalue weighted by atomic mass is 32.2. The molecule has 0 spiro atoms. The molecule has 1 N–H and O–H groups in total. The van der Waals surface area contributed by atoms with Gasteiger partial charge in [-0.05, 0) is 30.2 Å². The molecule has 1 aliphatic heterocycles. The third-order valence-electron chi connectivity index (χ3n) is 2.25. The van der Waals surface area contributed by atoms with Gasteiger partial charge in [0.15, 0.2) is 0 Å². The van der Waals surface area contributed by atoms with E-state index in [1.54, 1.807) is 0 Å². The van der Waals surface area contributed by atoms with Gasteiger partial charge in [-0.25, -0.2) is 0 Å². The van der Waals surface area contributed by atoms with Crippen molar-refractivity contribution in [1.29, 1.82) is 0 Å². The van der Waals surface area contributed by atoms with Gasteiger partial charge in [-0.2, -0.15) is 0 Å². The van der Waals surface area contributed by atoms with Crippen molar-refractivity contribution in [2.45, 2.75) is 17.7 Å². The topological polar surface area (TPSA) is 46.5 Å². The molecule has 1 heterocycles. The first-order chi connectivity index (χ1) is 7.25. The first kappa shape index (κ1) is 10.4. The molecule has 0 saturated heterocycles. The fraction of sp³-hybridized carbons (Fsp3) is 0.364. The number of hydrogen-bond acceptors (Lipinski definition) is 3. The lowest BCUT2D eigenvalue weighted by molar-refractivity contribution is -0.137. The minimum absolute atomic E-state index is 0.0475. The van der Waals surface area contributed by atoms with Gasteiger partial charge in [0.2, 0.25) is 0 Å². The van der Waals surface area contributed by atoms with Gasteiger partial charge in [0.1, 0.15) is 5.75 Å². The van der Waals surface area contributed by atoms with Crippen LogP contribution in [0.3, 0.4) is 0 Å². The molecule has 1 aromatic rings. The maximum atomic E-state index is 10.3. The Morgan fingerprint density at radius 3 is 3.20 bits per heavy atom. The predicted octanol–water partition coefficient (Wildman–Crippen LogP) is 2.19. The monoisotopic (exact) mass is 224 g/mol. The van der Waals surface area contributed by atoms with Crippen LogP contribution >= 0.6 is 11.8 Å². The number of thioether (sulfide) groups is 1. The predicted molar refractivity (Wildman–Crippen MR) is 58.6 cm³/mol. The first-order valence-corrected chi connectivity index (χ1v) is 5.84. The first-order valence-electron chi connectivity index (χ1n) is 4.86. The minimum Gasteiger partial charge on any atom is -0.493 e. The number of fused-ring (bicyclic) bond motifs is 1. The standard InChI is InChI=1S/C11H12O3S/c12-11(13)3-5-14-9-1-2-10-8(7-9)4-6-15-10/h1-2,7H,3-6H2,(H,12,13). The highest BCUT2D eigenvalue weighted by molar-refractivity contribution is 7.99. The summed E-state index contributed by atoms with van der Waals surface area (Å²) in [5.74, 6) is 1.08. The lowest BCUT2D eigenvalue weighted by Crippen LogP contribution is -2.04. The number of carbonyl (C=O) groups is 1. The fourth-order valence-corrected chi connectivity index (χ4v) is 2.56. The number of carboxylic acid groups (broad SMARTS) is 1. The van der Waals surface area contributed by atoms with E-state index in [-0.39, 0.29) is 13.0 Å². The van der Waals surface area contributed by atoms with Crippen molar-refractivity contribution in [2.75, 3.05) is 12.4 Å². The van der Waals surface area contributed by atoms with Gasteiger partial charge in [-0.15, -0.1) is 11.8 Å². The second-order valence-electron chi connectivity index (χ2n) is 3.36. The maximum absolute atomic E-state index is 10.3. The zero-order valence-corrected chi connectivity index (χ0v) is 9.05. The summed E-state index contributed by atoms with van der Waals surface area (Å²) in [6.45, 7) is 0.237. The van der Waals surface area contributed by atoms with Crippen LogP contribution in [0.15, 0.2) is 23.1 Å². The van der Waals surface area contributed by atoms with Crippen molar-refractivity contribution in [3.63, 3.8) is 0 Å². The van der Waals surface area contributed by atoms with Crippen LogP contribution in [0, 0.1) is 0 Å². The second kappa shape index (κ2) is 4.57. The van der Waals surface area contributed by atoms with Gasteiger partial charge in [0, 0.05) is 10.6 Å². The van der Waals surface area contributed by atoms with E-state index in [0.717, 1.165) is 17.9 Å². The lowest BCUT2D eigenvalue weighted by Gasteiger charge is -2.06. The molecule has 0 atom stereocenters. The van der Waals surface area contributed by atoms with Crippen LogP contribution in [0.4, 0.5) is 0 Å². The number of ether oxygens (including phenoxy) is 1. The second-order valence-corrected chi connectivity index (χ2v) is 4.50. The summed E-state index contributed by atoms with van der Waals surface area (Å²) >= 11 is 1.86. The Balaban J connectivity index is 1.95. The molecule has 2 rings (SSSR count). The SMILES string of the molecule is O=C(O)CCOc1ccc2c(c1)CCS2. The van der Waals surface area contributed by atoms with Crippen LogP contribution in [0.1, 0.15) is 12.0 Å². The van der Waals surface area contributed by atoms with Crippen molar-refractivity contribution in [3.05, 3.63) is 23.8 Å². The Kier molecular flexibility index (Phi) is 3.16. The molecule has 0 unspecified atom stereocenters. The molecule has 0 aromatic heterocycles. The third kappa shape index (κ3) is 2.65. The number of hydrogen-bond donors (Lipinski definition) is 1. The smallest absolute Gasteiger partial charge is 0.306 e. The Bertz CT molecular complexity index is 376. The number of carboxylic acids is 1. The van der Waals surface area contributed by atoms with E-state index in [1.165, 1.54) is 10.5 Å². The fourth-order valence-electron chi connectivity index (χ4n) is 1.51.